The number of ether oxygens (including phenoxy) is 3. The summed E-state index contributed by atoms with van der Waals surface area (Å²) >= 11 is 0. The molecule has 4 atom stereocenters. The van der Waals surface area contributed by atoms with Crippen LogP contribution in [0.1, 0.15) is 20.8 Å². The lowest BCUT2D eigenvalue weighted by Crippen LogP contribution is -2.37. The molecule has 0 radical (unpaired) electrons. The molecule has 5 heteroatoms. The largest absolute Gasteiger partial charge is 0.388 e. The van der Waals surface area contributed by atoms with E-state index in [2.05, 4.69) is 0 Å². The van der Waals surface area contributed by atoms with E-state index in [4.69, 9.17) is 14.2 Å². The highest BCUT2D eigenvalue weighted by atomic mass is 16.6. The monoisotopic (exact) mass is 216 g/mol. The van der Waals surface area contributed by atoms with Crippen molar-refractivity contribution in [1.29, 1.82) is 0 Å². The first kappa shape index (κ1) is 13.0. The second-order valence-corrected chi connectivity index (χ2v) is 4.17. The maximum absolute atomic E-state index is 9.93. The molecule has 0 amide bonds. The molecule has 1 fully saturated rings. The second kappa shape index (κ2) is 5.84. The van der Waals surface area contributed by atoms with E-state index in [1.807, 2.05) is 28.6 Å². The molecule has 1 rings (SSSR count). The lowest BCUT2D eigenvalue weighted by Gasteiger charge is -2.18. The first-order valence-corrected chi connectivity index (χ1v) is 5.63. The van der Waals surface area contributed by atoms with Crippen LogP contribution in [0.25, 0.3) is 0 Å². The van der Waals surface area contributed by atoms with Gasteiger partial charge in [-0.1, -0.05) is 0 Å². The van der Waals surface area contributed by atoms with Crippen LogP contribution in [0.15, 0.2) is 0 Å². The molecule has 1 aliphatic rings. The van der Waals surface area contributed by atoms with Gasteiger partial charge in [0, 0.05) is 6.61 Å². The van der Waals surface area contributed by atoms with E-state index in [-0.39, 0.29) is 24.3 Å². The van der Waals surface area contributed by atoms with Gasteiger partial charge in [0.1, 0.15) is 26.2 Å². The number of aliphatic hydroxyl groups excluding tert-OH is 1. The van der Waals surface area contributed by atoms with Crippen LogP contribution in [0.5, 0.6) is 0 Å². The fraction of sp³-hybridized carbons (Fsp3) is 1.00. The molecular formula is C10H21BO4. The molecule has 1 N–H and O–H groups in total. The molecular weight excluding hydrogens is 195 g/mol. The van der Waals surface area contributed by atoms with Gasteiger partial charge in [0.25, 0.3) is 0 Å². The van der Waals surface area contributed by atoms with Gasteiger partial charge < -0.3 is 19.3 Å². The van der Waals surface area contributed by atoms with Crippen molar-refractivity contribution in [2.45, 2.75) is 51.2 Å². The number of hydrogen-bond donors (Lipinski definition) is 1. The number of hydrogen-bond acceptors (Lipinski definition) is 4. The third kappa shape index (κ3) is 3.45. The first-order valence-electron chi connectivity index (χ1n) is 5.63. The summed E-state index contributed by atoms with van der Waals surface area (Å²) in [5.41, 5.74) is 0. The quantitative estimate of drug-likeness (QED) is 0.631. The van der Waals surface area contributed by atoms with Crippen molar-refractivity contribution in [2.24, 2.45) is 0 Å². The summed E-state index contributed by atoms with van der Waals surface area (Å²) in [6.45, 7) is 6.85. The molecule has 0 spiro atoms. The van der Waals surface area contributed by atoms with Crippen LogP contribution in [0, 0.1) is 0 Å². The van der Waals surface area contributed by atoms with Gasteiger partial charge >= 0.3 is 0 Å². The van der Waals surface area contributed by atoms with E-state index >= 15 is 0 Å². The molecule has 1 aliphatic heterocycles. The summed E-state index contributed by atoms with van der Waals surface area (Å²) in [4.78, 5) is 0. The molecule has 15 heavy (non-hydrogen) atoms. The third-order valence-electron chi connectivity index (χ3n) is 2.52. The van der Waals surface area contributed by atoms with Gasteiger partial charge in [-0.2, -0.15) is 0 Å². The highest BCUT2D eigenvalue weighted by Crippen LogP contribution is 2.22. The van der Waals surface area contributed by atoms with E-state index in [0.717, 1.165) is 0 Å². The SMILES string of the molecule is BC1OC(COC(C)C)C(O)C1OCC. The topological polar surface area (TPSA) is 47.9 Å². The summed E-state index contributed by atoms with van der Waals surface area (Å²) in [6, 6.07) is -0.0688. The zero-order valence-electron chi connectivity index (χ0n) is 9.97. The van der Waals surface area contributed by atoms with Gasteiger partial charge in [0.2, 0.25) is 0 Å². The molecule has 0 aliphatic carbocycles. The molecule has 4 nitrogen and oxygen atoms in total. The maximum Gasteiger partial charge on any atom is 0.142 e. The van der Waals surface area contributed by atoms with Crippen molar-refractivity contribution in [3.05, 3.63) is 0 Å². The van der Waals surface area contributed by atoms with Crippen molar-refractivity contribution in [3.63, 3.8) is 0 Å². The summed E-state index contributed by atoms with van der Waals surface area (Å²) in [5.74, 6) is 0. The zero-order valence-corrected chi connectivity index (χ0v) is 9.97. The molecule has 0 saturated carbocycles. The highest BCUT2D eigenvalue weighted by molar-refractivity contribution is 6.11. The Labute approximate surface area is 92.3 Å². The van der Waals surface area contributed by atoms with Crippen LogP contribution in [0.4, 0.5) is 0 Å². The van der Waals surface area contributed by atoms with E-state index in [1.165, 1.54) is 0 Å². The normalized spacial score (nSPS) is 36.3. The number of rotatable bonds is 5. The van der Waals surface area contributed by atoms with Crippen molar-refractivity contribution in [2.75, 3.05) is 13.2 Å². The van der Waals surface area contributed by atoms with Gasteiger partial charge in [-0.05, 0) is 20.8 Å². The Bertz CT molecular complexity index is 188. The van der Waals surface area contributed by atoms with E-state index in [9.17, 15) is 5.11 Å². The molecule has 1 heterocycles. The fourth-order valence-corrected chi connectivity index (χ4v) is 1.77. The smallest absolute Gasteiger partial charge is 0.142 e. The maximum atomic E-state index is 9.93. The third-order valence-corrected chi connectivity index (χ3v) is 2.52. The molecule has 4 unspecified atom stereocenters. The zero-order chi connectivity index (χ0) is 11.4. The average Bonchev–Trinajstić information content (AvgIpc) is 2.43. The van der Waals surface area contributed by atoms with Crippen molar-refractivity contribution in [1.82, 2.24) is 0 Å². The van der Waals surface area contributed by atoms with E-state index in [1.54, 1.807) is 0 Å². The minimum Gasteiger partial charge on any atom is -0.388 e. The Morgan fingerprint density at radius 2 is 2.13 bits per heavy atom. The van der Waals surface area contributed by atoms with Gasteiger partial charge in [-0.3, -0.25) is 0 Å². The molecule has 1 saturated heterocycles. The van der Waals surface area contributed by atoms with E-state index < -0.39 is 6.10 Å². The van der Waals surface area contributed by atoms with Gasteiger partial charge in [-0.25, -0.2) is 0 Å². The molecule has 0 aromatic carbocycles. The summed E-state index contributed by atoms with van der Waals surface area (Å²) < 4.78 is 16.5. The van der Waals surface area contributed by atoms with Gasteiger partial charge in [0.15, 0.2) is 0 Å². The van der Waals surface area contributed by atoms with Crippen molar-refractivity contribution < 1.29 is 19.3 Å². The minimum atomic E-state index is -0.585. The van der Waals surface area contributed by atoms with Crippen LogP contribution in [0.2, 0.25) is 0 Å². The Balaban J connectivity index is 2.41. The summed E-state index contributed by atoms with van der Waals surface area (Å²) in [6.07, 6.45) is -0.921. The fourth-order valence-electron chi connectivity index (χ4n) is 1.77. The molecule has 0 aromatic heterocycles. The Kier molecular flexibility index (Phi) is 5.05. The molecule has 88 valence electrons. The van der Waals surface area contributed by atoms with Crippen molar-refractivity contribution in [3.8, 4) is 0 Å². The van der Waals surface area contributed by atoms with Crippen molar-refractivity contribution >= 4 is 7.85 Å². The van der Waals surface area contributed by atoms with Crippen LogP contribution >= 0.6 is 0 Å². The highest BCUT2D eigenvalue weighted by Gasteiger charge is 2.41. The summed E-state index contributed by atoms with van der Waals surface area (Å²) in [7, 11) is 1.92. The molecule has 0 bridgehead atoms. The predicted molar refractivity (Wildman–Crippen MR) is 59.7 cm³/mol. The van der Waals surface area contributed by atoms with Crippen LogP contribution in [0.3, 0.4) is 0 Å². The lowest BCUT2D eigenvalue weighted by atomic mass is 9.93. The molecule has 0 aromatic rings. The lowest BCUT2D eigenvalue weighted by molar-refractivity contribution is -0.0525. The average molecular weight is 216 g/mol. The van der Waals surface area contributed by atoms with Crippen LogP contribution < -0.4 is 0 Å². The van der Waals surface area contributed by atoms with Gasteiger partial charge in [-0.15, -0.1) is 0 Å². The minimum absolute atomic E-state index is 0.0688. The van der Waals surface area contributed by atoms with Crippen LogP contribution in [-0.4, -0.2) is 56.6 Å². The predicted octanol–water partition coefficient (Wildman–Crippen LogP) is -0.465. The summed E-state index contributed by atoms with van der Waals surface area (Å²) in [5, 5.41) is 9.93. The van der Waals surface area contributed by atoms with Crippen LogP contribution in [-0.2, 0) is 14.2 Å². The Hall–Kier alpha value is -0.0951. The van der Waals surface area contributed by atoms with E-state index in [0.29, 0.717) is 13.2 Å². The standard InChI is InChI=1S/C10H21BO4/c1-4-13-9-8(12)7(15-10(9)11)5-14-6(2)3/h6-10,12H,4-5,11H2,1-3H3. The Morgan fingerprint density at radius 3 is 2.67 bits per heavy atom. The van der Waals surface area contributed by atoms with Gasteiger partial charge in [0.05, 0.1) is 18.7 Å². The number of aliphatic hydroxyl groups is 1. The second-order valence-electron chi connectivity index (χ2n) is 4.17. The Morgan fingerprint density at radius 1 is 1.47 bits per heavy atom. The first-order chi connectivity index (χ1) is 7.06.